The van der Waals surface area contributed by atoms with Gasteiger partial charge in [0.25, 0.3) is 5.91 Å². The second kappa shape index (κ2) is 6.79. The predicted octanol–water partition coefficient (Wildman–Crippen LogP) is 0.512. The lowest BCUT2D eigenvalue weighted by molar-refractivity contribution is -0.117. The summed E-state index contributed by atoms with van der Waals surface area (Å²) in [5.74, 6) is -2.21. The zero-order valence-electron chi connectivity index (χ0n) is 13.6. The Hall–Kier alpha value is -3.28. The Labute approximate surface area is 152 Å². The summed E-state index contributed by atoms with van der Waals surface area (Å²) in [4.78, 5) is 21.7. The summed E-state index contributed by atoms with van der Waals surface area (Å²) in [6.07, 6.45) is -1.19. The molecule has 10 nitrogen and oxygen atoms in total. The molecule has 2 amide bonds. The number of anilines is 1. The van der Waals surface area contributed by atoms with Crippen molar-refractivity contribution in [2.45, 2.75) is 0 Å². The monoisotopic (exact) mass is 399 g/mol. The van der Waals surface area contributed by atoms with Gasteiger partial charge in [0, 0.05) is 5.39 Å². The molecule has 0 aliphatic carbocycles. The van der Waals surface area contributed by atoms with E-state index in [0.717, 1.165) is 6.07 Å². The van der Waals surface area contributed by atoms with Crippen LogP contribution in [0.3, 0.4) is 0 Å². The number of carbonyl (C=O) groups excluding carboxylic acids is 1. The van der Waals surface area contributed by atoms with Gasteiger partial charge in [0.1, 0.15) is 30.3 Å². The molecular formula is C15H14FN3O7S. The van der Waals surface area contributed by atoms with E-state index in [4.69, 9.17) is 9.84 Å². The van der Waals surface area contributed by atoms with Crippen LogP contribution in [0.25, 0.3) is 10.8 Å². The van der Waals surface area contributed by atoms with Crippen molar-refractivity contribution in [1.29, 1.82) is 0 Å². The van der Waals surface area contributed by atoms with E-state index in [2.05, 4.69) is 5.32 Å². The first kappa shape index (κ1) is 18.5. The lowest BCUT2D eigenvalue weighted by atomic mass is 10.1. The first-order valence-electron chi connectivity index (χ1n) is 7.57. The minimum absolute atomic E-state index is 0.00774. The number of phenolic OH excluding ortho intramolecular Hbond substituents is 1. The highest BCUT2D eigenvalue weighted by molar-refractivity contribution is 7.92. The van der Waals surface area contributed by atoms with Gasteiger partial charge in [-0.05, 0) is 29.7 Å². The fraction of sp³-hybridized carbons (Fsp3) is 0.200. The number of benzene rings is 2. The minimum Gasteiger partial charge on any atom is -0.506 e. The molecule has 144 valence electrons. The third-order valence-corrected chi connectivity index (χ3v) is 5.10. The first-order valence-corrected chi connectivity index (χ1v) is 9.01. The number of ether oxygens (including phenoxy) is 1. The molecule has 0 unspecified atom stereocenters. The normalized spacial score (nSPS) is 15.6. The van der Waals surface area contributed by atoms with Crippen LogP contribution < -0.4 is 19.1 Å². The number of phenols is 1. The van der Waals surface area contributed by atoms with Crippen molar-refractivity contribution in [3.8, 4) is 11.5 Å². The van der Waals surface area contributed by atoms with E-state index in [1.807, 2.05) is 0 Å². The second-order valence-corrected chi connectivity index (χ2v) is 7.15. The number of fused-ring (bicyclic) bond motifs is 1. The molecule has 27 heavy (non-hydrogen) atoms. The number of hydrogen-bond acceptors (Lipinski definition) is 6. The van der Waals surface area contributed by atoms with Crippen molar-refractivity contribution in [3.05, 3.63) is 30.1 Å². The first-order chi connectivity index (χ1) is 12.7. The van der Waals surface area contributed by atoms with Crippen LogP contribution in [0.1, 0.15) is 0 Å². The molecule has 1 aliphatic rings. The molecule has 0 atom stereocenters. The Morgan fingerprint density at radius 3 is 2.74 bits per heavy atom. The van der Waals surface area contributed by atoms with Crippen LogP contribution in [0.2, 0.25) is 0 Å². The van der Waals surface area contributed by atoms with E-state index in [1.165, 1.54) is 18.2 Å². The standard InChI is InChI=1S/C15H14FN3O7S/c16-13-10-2-1-9(26-4-3-17-15(22)23)5-8(10)6-11(20)14(13)19-7-12(21)18-27(19,24)25/h1-2,5-6,17,20H,3-4,7H2,(H,18,21)(H,22,23). The molecule has 0 aromatic heterocycles. The van der Waals surface area contributed by atoms with Crippen molar-refractivity contribution in [2.75, 3.05) is 24.0 Å². The van der Waals surface area contributed by atoms with E-state index in [9.17, 15) is 27.5 Å². The minimum atomic E-state index is -4.28. The lowest BCUT2D eigenvalue weighted by Gasteiger charge is -2.18. The molecule has 1 fully saturated rings. The van der Waals surface area contributed by atoms with Gasteiger partial charge in [-0.3, -0.25) is 4.79 Å². The number of carbonyl (C=O) groups is 2. The zero-order valence-corrected chi connectivity index (χ0v) is 14.4. The molecule has 2 aromatic carbocycles. The second-order valence-electron chi connectivity index (χ2n) is 5.56. The molecule has 4 N–H and O–H groups in total. The SMILES string of the molecule is O=C(O)NCCOc1ccc2c(F)c(N3CC(=O)NS3(=O)=O)c(O)cc2c1. The van der Waals surface area contributed by atoms with Crippen molar-refractivity contribution in [1.82, 2.24) is 10.0 Å². The van der Waals surface area contributed by atoms with Crippen LogP contribution >= 0.6 is 0 Å². The maximum Gasteiger partial charge on any atom is 0.404 e. The van der Waals surface area contributed by atoms with Gasteiger partial charge in [-0.15, -0.1) is 0 Å². The fourth-order valence-electron chi connectivity index (χ4n) is 2.62. The highest BCUT2D eigenvalue weighted by Crippen LogP contribution is 2.39. The van der Waals surface area contributed by atoms with Crippen molar-refractivity contribution < 1.29 is 37.3 Å². The number of nitrogens with zero attached hydrogens (tertiary/aromatic N) is 1. The van der Waals surface area contributed by atoms with Crippen molar-refractivity contribution in [3.63, 3.8) is 0 Å². The number of carboxylic acid groups (broad SMARTS) is 1. The zero-order chi connectivity index (χ0) is 19.8. The molecule has 0 saturated carbocycles. The summed E-state index contributed by atoms with van der Waals surface area (Å²) < 4.78 is 46.2. The van der Waals surface area contributed by atoms with Gasteiger partial charge >= 0.3 is 16.3 Å². The van der Waals surface area contributed by atoms with Gasteiger partial charge in [0.2, 0.25) is 0 Å². The Morgan fingerprint density at radius 2 is 2.11 bits per heavy atom. The number of nitrogens with one attached hydrogen (secondary N) is 2. The van der Waals surface area contributed by atoms with E-state index < -0.39 is 46.0 Å². The Balaban J connectivity index is 1.93. The van der Waals surface area contributed by atoms with Gasteiger partial charge in [0.15, 0.2) is 5.82 Å². The molecular weight excluding hydrogens is 385 g/mol. The molecule has 1 heterocycles. The number of halogens is 1. The van der Waals surface area contributed by atoms with Crippen LogP contribution in [0.4, 0.5) is 14.9 Å². The van der Waals surface area contributed by atoms with Crippen LogP contribution in [-0.2, 0) is 15.0 Å². The molecule has 1 aliphatic heterocycles. The number of amides is 2. The summed E-state index contributed by atoms with van der Waals surface area (Å²) in [5.41, 5.74) is -0.625. The largest absolute Gasteiger partial charge is 0.506 e. The van der Waals surface area contributed by atoms with Gasteiger partial charge in [-0.2, -0.15) is 8.42 Å². The van der Waals surface area contributed by atoms with E-state index in [0.29, 0.717) is 10.1 Å². The van der Waals surface area contributed by atoms with Crippen molar-refractivity contribution in [2.24, 2.45) is 0 Å². The summed E-state index contributed by atoms with van der Waals surface area (Å²) in [5, 5.41) is 21.0. The molecule has 12 heteroatoms. The van der Waals surface area contributed by atoms with Crippen LogP contribution in [0, 0.1) is 5.82 Å². The summed E-state index contributed by atoms with van der Waals surface area (Å²) in [6.45, 7) is -0.569. The van der Waals surface area contributed by atoms with Gasteiger partial charge < -0.3 is 20.3 Å². The van der Waals surface area contributed by atoms with Crippen LogP contribution in [-0.4, -0.2) is 50.3 Å². The Morgan fingerprint density at radius 1 is 1.37 bits per heavy atom. The smallest absolute Gasteiger partial charge is 0.404 e. The highest BCUT2D eigenvalue weighted by Gasteiger charge is 2.37. The highest BCUT2D eigenvalue weighted by atomic mass is 32.2. The maximum atomic E-state index is 14.9. The fourth-order valence-corrected chi connectivity index (χ4v) is 3.78. The molecule has 0 bridgehead atoms. The molecule has 1 saturated heterocycles. The van der Waals surface area contributed by atoms with Crippen molar-refractivity contribution >= 4 is 38.7 Å². The van der Waals surface area contributed by atoms with Gasteiger partial charge in [-0.1, -0.05) is 0 Å². The molecule has 0 radical (unpaired) electrons. The maximum absolute atomic E-state index is 14.9. The average molecular weight is 399 g/mol. The topological polar surface area (TPSA) is 145 Å². The Bertz CT molecular complexity index is 1040. The third kappa shape index (κ3) is 3.65. The van der Waals surface area contributed by atoms with Crippen LogP contribution in [0.5, 0.6) is 11.5 Å². The number of aromatic hydroxyl groups is 1. The average Bonchev–Trinajstić information content (AvgIpc) is 2.83. The quantitative estimate of drug-likeness (QED) is 0.536. The molecule has 2 aromatic rings. The molecule has 0 spiro atoms. The predicted molar refractivity (Wildman–Crippen MR) is 91.5 cm³/mol. The third-order valence-electron chi connectivity index (χ3n) is 3.72. The number of rotatable bonds is 5. The summed E-state index contributed by atoms with van der Waals surface area (Å²) in [7, 11) is -4.28. The van der Waals surface area contributed by atoms with E-state index >= 15 is 0 Å². The Kier molecular flexibility index (Phi) is 4.66. The lowest BCUT2D eigenvalue weighted by Crippen LogP contribution is -2.30. The van der Waals surface area contributed by atoms with E-state index in [1.54, 1.807) is 4.72 Å². The van der Waals surface area contributed by atoms with Crippen LogP contribution in [0.15, 0.2) is 24.3 Å². The van der Waals surface area contributed by atoms with E-state index in [-0.39, 0.29) is 23.9 Å². The summed E-state index contributed by atoms with van der Waals surface area (Å²) >= 11 is 0. The molecule has 3 rings (SSSR count). The summed E-state index contributed by atoms with van der Waals surface area (Å²) in [6, 6.07) is 5.29. The van der Waals surface area contributed by atoms with Gasteiger partial charge in [0.05, 0.1) is 6.54 Å². The van der Waals surface area contributed by atoms with Gasteiger partial charge in [-0.25, -0.2) is 18.2 Å². The number of hydrogen-bond donors (Lipinski definition) is 4.